The Labute approximate surface area is 104 Å². The molecule has 0 spiro atoms. The molecule has 17 heavy (non-hydrogen) atoms. The van der Waals surface area contributed by atoms with Crippen molar-refractivity contribution in [1.29, 1.82) is 0 Å². The van der Waals surface area contributed by atoms with Gasteiger partial charge in [-0.2, -0.15) is 0 Å². The SMILES string of the molecule is CNC(C)(CN1CCCN(C)CC1C)C(N)=O. The van der Waals surface area contributed by atoms with Crippen LogP contribution >= 0.6 is 0 Å². The van der Waals surface area contributed by atoms with Gasteiger partial charge in [0.05, 0.1) is 0 Å². The van der Waals surface area contributed by atoms with Gasteiger partial charge in [0.25, 0.3) is 0 Å². The van der Waals surface area contributed by atoms with Crippen LogP contribution in [0.5, 0.6) is 0 Å². The van der Waals surface area contributed by atoms with Crippen molar-refractivity contribution in [3.05, 3.63) is 0 Å². The van der Waals surface area contributed by atoms with Gasteiger partial charge >= 0.3 is 0 Å². The average Bonchev–Trinajstić information content (AvgIpc) is 2.40. The molecule has 1 heterocycles. The summed E-state index contributed by atoms with van der Waals surface area (Å²) in [5.74, 6) is -0.287. The maximum atomic E-state index is 11.5. The number of carbonyl (C=O) groups is 1. The van der Waals surface area contributed by atoms with Crippen molar-refractivity contribution in [2.75, 3.05) is 40.3 Å². The summed E-state index contributed by atoms with van der Waals surface area (Å²) in [4.78, 5) is 16.2. The number of likely N-dealkylation sites (N-methyl/N-ethyl adjacent to an activating group) is 2. The molecule has 3 N–H and O–H groups in total. The molecule has 1 amide bonds. The van der Waals surface area contributed by atoms with Gasteiger partial charge in [-0.1, -0.05) is 0 Å². The molecule has 0 radical (unpaired) electrons. The molecular formula is C12H26N4O. The quantitative estimate of drug-likeness (QED) is 0.696. The second-order valence-corrected chi connectivity index (χ2v) is 5.38. The zero-order valence-corrected chi connectivity index (χ0v) is 11.5. The molecule has 1 saturated heterocycles. The van der Waals surface area contributed by atoms with E-state index in [-0.39, 0.29) is 5.91 Å². The summed E-state index contributed by atoms with van der Waals surface area (Å²) in [7, 11) is 3.94. The first-order chi connectivity index (χ1) is 7.89. The Morgan fingerprint density at radius 3 is 2.71 bits per heavy atom. The summed E-state index contributed by atoms with van der Waals surface area (Å²) in [6.45, 7) is 7.94. The Kier molecular flexibility index (Phi) is 4.91. The number of amides is 1. The summed E-state index contributed by atoms with van der Waals surface area (Å²) in [6, 6.07) is 0.453. The van der Waals surface area contributed by atoms with E-state index in [1.165, 1.54) is 0 Å². The molecule has 0 aliphatic carbocycles. The number of nitrogens with two attached hydrogens (primary N) is 1. The monoisotopic (exact) mass is 242 g/mol. The summed E-state index contributed by atoms with van der Waals surface area (Å²) < 4.78 is 0. The van der Waals surface area contributed by atoms with E-state index in [0.717, 1.165) is 26.1 Å². The minimum atomic E-state index is -0.642. The van der Waals surface area contributed by atoms with Gasteiger partial charge in [-0.25, -0.2) is 0 Å². The van der Waals surface area contributed by atoms with E-state index in [1.54, 1.807) is 7.05 Å². The van der Waals surface area contributed by atoms with Crippen molar-refractivity contribution in [2.24, 2.45) is 5.73 Å². The van der Waals surface area contributed by atoms with Crippen LogP contribution < -0.4 is 11.1 Å². The zero-order chi connectivity index (χ0) is 13.1. The number of hydrogen-bond donors (Lipinski definition) is 2. The summed E-state index contributed by atoms with van der Waals surface area (Å²) in [5.41, 5.74) is 4.83. The van der Waals surface area contributed by atoms with E-state index in [1.807, 2.05) is 6.92 Å². The smallest absolute Gasteiger partial charge is 0.238 e. The van der Waals surface area contributed by atoms with E-state index < -0.39 is 5.54 Å². The fourth-order valence-corrected chi connectivity index (χ4v) is 2.34. The fourth-order valence-electron chi connectivity index (χ4n) is 2.34. The number of primary amides is 1. The van der Waals surface area contributed by atoms with Gasteiger partial charge in [-0.15, -0.1) is 0 Å². The predicted octanol–water partition coefficient (Wildman–Crippen LogP) is -0.524. The number of hydrogen-bond acceptors (Lipinski definition) is 4. The Morgan fingerprint density at radius 2 is 2.18 bits per heavy atom. The highest BCUT2D eigenvalue weighted by atomic mass is 16.1. The summed E-state index contributed by atoms with van der Waals surface area (Å²) >= 11 is 0. The molecule has 0 aromatic rings. The molecule has 0 saturated carbocycles. The predicted molar refractivity (Wildman–Crippen MR) is 69.8 cm³/mol. The van der Waals surface area contributed by atoms with Crippen LogP contribution in [0.1, 0.15) is 20.3 Å². The van der Waals surface area contributed by atoms with E-state index in [0.29, 0.717) is 12.6 Å². The van der Waals surface area contributed by atoms with Gasteiger partial charge in [0.15, 0.2) is 0 Å². The van der Waals surface area contributed by atoms with Crippen molar-refractivity contribution in [3.63, 3.8) is 0 Å². The Bertz CT molecular complexity index is 271. The van der Waals surface area contributed by atoms with E-state index >= 15 is 0 Å². The van der Waals surface area contributed by atoms with Crippen LogP contribution in [-0.2, 0) is 4.79 Å². The molecule has 2 atom stereocenters. The molecule has 1 aliphatic rings. The van der Waals surface area contributed by atoms with Crippen molar-refractivity contribution in [3.8, 4) is 0 Å². The normalized spacial score (nSPS) is 27.4. The lowest BCUT2D eigenvalue weighted by Gasteiger charge is -2.35. The highest BCUT2D eigenvalue weighted by molar-refractivity contribution is 5.84. The van der Waals surface area contributed by atoms with Gasteiger partial charge in [-0.3, -0.25) is 9.69 Å². The lowest BCUT2D eigenvalue weighted by molar-refractivity contribution is -0.124. The third kappa shape index (κ3) is 3.66. The second kappa shape index (κ2) is 5.80. The molecule has 1 aliphatic heterocycles. The van der Waals surface area contributed by atoms with Crippen LogP contribution in [0, 0.1) is 0 Å². The third-order valence-electron chi connectivity index (χ3n) is 3.80. The van der Waals surface area contributed by atoms with Crippen LogP contribution in [0.3, 0.4) is 0 Å². The number of nitrogens with one attached hydrogen (secondary N) is 1. The lowest BCUT2D eigenvalue weighted by Crippen LogP contribution is -2.60. The first kappa shape index (κ1) is 14.4. The van der Waals surface area contributed by atoms with Crippen LogP contribution in [0.4, 0.5) is 0 Å². The molecule has 2 unspecified atom stereocenters. The molecule has 1 fully saturated rings. The van der Waals surface area contributed by atoms with Gasteiger partial charge < -0.3 is 16.0 Å². The number of rotatable bonds is 4. The van der Waals surface area contributed by atoms with Crippen LogP contribution in [0.15, 0.2) is 0 Å². The number of nitrogens with zero attached hydrogens (tertiary/aromatic N) is 2. The van der Waals surface area contributed by atoms with E-state index in [4.69, 9.17) is 5.73 Å². The van der Waals surface area contributed by atoms with Gasteiger partial charge in [-0.05, 0) is 47.5 Å². The lowest BCUT2D eigenvalue weighted by atomic mass is 10.00. The van der Waals surface area contributed by atoms with Gasteiger partial charge in [0.2, 0.25) is 5.91 Å². The van der Waals surface area contributed by atoms with Gasteiger partial charge in [0.1, 0.15) is 5.54 Å². The highest BCUT2D eigenvalue weighted by Crippen LogP contribution is 2.13. The van der Waals surface area contributed by atoms with Crippen molar-refractivity contribution in [2.45, 2.75) is 31.8 Å². The van der Waals surface area contributed by atoms with Gasteiger partial charge in [0, 0.05) is 19.1 Å². The molecule has 0 aromatic heterocycles. The molecule has 100 valence electrons. The first-order valence-electron chi connectivity index (χ1n) is 6.30. The topological polar surface area (TPSA) is 61.6 Å². The average molecular weight is 242 g/mol. The molecule has 5 heteroatoms. The Hall–Kier alpha value is -0.650. The third-order valence-corrected chi connectivity index (χ3v) is 3.80. The fraction of sp³-hybridized carbons (Fsp3) is 0.917. The maximum Gasteiger partial charge on any atom is 0.238 e. The minimum Gasteiger partial charge on any atom is -0.368 e. The standard InChI is InChI=1S/C12H26N4O/c1-10-8-15(4)6-5-7-16(10)9-12(2,14-3)11(13)17/h10,14H,5-9H2,1-4H3,(H2,13,17). The maximum absolute atomic E-state index is 11.5. The summed E-state index contributed by atoms with van der Waals surface area (Å²) in [6.07, 6.45) is 1.14. The first-order valence-corrected chi connectivity index (χ1v) is 6.30. The molecular weight excluding hydrogens is 216 g/mol. The van der Waals surface area contributed by atoms with Crippen LogP contribution in [0.2, 0.25) is 0 Å². The van der Waals surface area contributed by atoms with E-state index in [9.17, 15) is 4.79 Å². The largest absolute Gasteiger partial charge is 0.368 e. The Morgan fingerprint density at radius 1 is 1.53 bits per heavy atom. The van der Waals surface area contributed by atoms with E-state index in [2.05, 4.69) is 29.1 Å². The highest BCUT2D eigenvalue weighted by Gasteiger charge is 2.33. The molecule has 5 nitrogen and oxygen atoms in total. The van der Waals surface area contributed by atoms with Crippen molar-refractivity contribution in [1.82, 2.24) is 15.1 Å². The second-order valence-electron chi connectivity index (χ2n) is 5.38. The molecule has 0 bridgehead atoms. The minimum absolute atomic E-state index is 0.287. The van der Waals surface area contributed by atoms with Crippen LogP contribution in [0.25, 0.3) is 0 Å². The van der Waals surface area contributed by atoms with Crippen molar-refractivity contribution >= 4 is 5.91 Å². The Balaban J connectivity index is 2.68. The number of carbonyl (C=O) groups excluding carboxylic acids is 1. The van der Waals surface area contributed by atoms with Crippen molar-refractivity contribution < 1.29 is 4.79 Å². The molecule has 1 rings (SSSR count). The zero-order valence-electron chi connectivity index (χ0n) is 11.5. The van der Waals surface area contributed by atoms with Crippen LogP contribution in [-0.4, -0.2) is 67.6 Å². The molecule has 0 aromatic carbocycles. The summed E-state index contributed by atoms with van der Waals surface area (Å²) in [5, 5.41) is 3.05.